The molecule has 1 aromatic heterocycles. The van der Waals surface area contributed by atoms with Crippen LogP contribution < -0.4 is 5.73 Å². The van der Waals surface area contributed by atoms with E-state index >= 15 is 0 Å². The second kappa shape index (κ2) is 3.80. The van der Waals surface area contributed by atoms with E-state index in [1.807, 2.05) is 6.20 Å². The lowest BCUT2D eigenvalue weighted by atomic mass is 10.1. The van der Waals surface area contributed by atoms with Gasteiger partial charge < -0.3 is 5.73 Å². The van der Waals surface area contributed by atoms with Gasteiger partial charge in [0.2, 0.25) is 0 Å². The maximum absolute atomic E-state index is 5.59. The number of nitrogens with zero attached hydrogens (tertiary/aromatic N) is 1. The molecule has 2 aromatic rings. The summed E-state index contributed by atoms with van der Waals surface area (Å²) in [6.07, 6.45) is 2.89. The van der Waals surface area contributed by atoms with Crippen molar-refractivity contribution in [1.29, 1.82) is 0 Å². The van der Waals surface area contributed by atoms with Crippen molar-refractivity contribution in [3.8, 4) is 10.4 Å². The Labute approximate surface area is 87.4 Å². The molecule has 0 spiro atoms. The maximum atomic E-state index is 5.59. The monoisotopic (exact) mass is 204 g/mol. The van der Waals surface area contributed by atoms with E-state index in [2.05, 4.69) is 36.2 Å². The number of anilines is 1. The number of hydrogen-bond acceptors (Lipinski definition) is 3. The fraction of sp³-hybridized carbons (Fsp3) is 0.182. The summed E-state index contributed by atoms with van der Waals surface area (Å²) in [7, 11) is 0. The molecule has 2 N–H and O–H groups in total. The average Bonchev–Trinajstić information content (AvgIpc) is 2.65. The molecule has 1 aromatic carbocycles. The molecule has 3 heteroatoms. The Morgan fingerprint density at radius 2 is 2.29 bits per heavy atom. The van der Waals surface area contributed by atoms with Crippen LogP contribution in [0.25, 0.3) is 10.4 Å². The summed E-state index contributed by atoms with van der Waals surface area (Å²) in [6.45, 7) is 2.15. The van der Waals surface area contributed by atoms with Crippen molar-refractivity contribution >= 4 is 16.5 Å². The second-order valence-electron chi connectivity index (χ2n) is 3.12. The molecule has 14 heavy (non-hydrogen) atoms. The molecule has 0 saturated heterocycles. The molecular formula is C11H12N2S. The molecule has 0 bridgehead atoms. The van der Waals surface area contributed by atoms with Gasteiger partial charge in [-0.15, -0.1) is 0 Å². The third-order valence-corrected chi connectivity index (χ3v) is 3.02. The number of aromatic nitrogens is 1. The number of aryl methyl sites for hydroxylation is 1. The zero-order valence-corrected chi connectivity index (χ0v) is 8.84. The van der Waals surface area contributed by atoms with Gasteiger partial charge in [-0.1, -0.05) is 42.5 Å². The van der Waals surface area contributed by atoms with Crippen molar-refractivity contribution < 1.29 is 0 Å². The largest absolute Gasteiger partial charge is 0.375 e. The molecule has 0 atom stereocenters. The fourth-order valence-corrected chi connectivity index (χ4v) is 2.05. The zero-order valence-electron chi connectivity index (χ0n) is 8.03. The lowest BCUT2D eigenvalue weighted by Gasteiger charge is -1.99. The van der Waals surface area contributed by atoms with Crippen LogP contribution in [0.4, 0.5) is 5.13 Å². The highest BCUT2D eigenvalue weighted by Gasteiger charge is 2.02. The third-order valence-electron chi connectivity index (χ3n) is 2.14. The summed E-state index contributed by atoms with van der Waals surface area (Å²) < 4.78 is 0. The SMILES string of the molecule is CCc1cccc(-c2cnc(N)s2)c1. The van der Waals surface area contributed by atoms with Crippen molar-refractivity contribution in [1.82, 2.24) is 4.98 Å². The molecule has 0 aliphatic carbocycles. The first kappa shape index (κ1) is 9.21. The summed E-state index contributed by atoms with van der Waals surface area (Å²) in [5.41, 5.74) is 8.14. The van der Waals surface area contributed by atoms with Crippen LogP contribution in [0.3, 0.4) is 0 Å². The number of rotatable bonds is 2. The first-order valence-corrected chi connectivity index (χ1v) is 5.42. The van der Waals surface area contributed by atoms with E-state index in [1.165, 1.54) is 22.5 Å². The Morgan fingerprint density at radius 3 is 2.93 bits per heavy atom. The Hall–Kier alpha value is -1.35. The number of hydrogen-bond donors (Lipinski definition) is 1. The van der Waals surface area contributed by atoms with E-state index in [1.54, 1.807) is 0 Å². The Balaban J connectivity index is 2.41. The quantitative estimate of drug-likeness (QED) is 0.816. The van der Waals surface area contributed by atoms with Crippen LogP contribution in [-0.2, 0) is 6.42 Å². The lowest BCUT2D eigenvalue weighted by Crippen LogP contribution is -1.79. The third kappa shape index (κ3) is 1.77. The van der Waals surface area contributed by atoms with Crippen molar-refractivity contribution in [2.45, 2.75) is 13.3 Å². The van der Waals surface area contributed by atoms with Crippen LogP contribution in [0.5, 0.6) is 0 Å². The summed E-state index contributed by atoms with van der Waals surface area (Å²) in [5, 5.41) is 0.627. The number of thiazole rings is 1. The summed E-state index contributed by atoms with van der Waals surface area (Å²) in [6, 6.07) is 8.48. The molecule has 72 valence electrons. The van der Waals surface area contributed by atoms with E-state index in [-0.39, 0.29) is 0 Å². The minimum absolute atomic E-state index is 0.627. The van der Waals surface area contributed by atoms with E-state index in [0.29, 0.717) is 5.13 Å². The number of benzene rings is 1. The van der Waals surface area contributed by atoms with Gasteiger partial charge in [0.25, 0.3) is 0 Å². The van der Waals surface area contributed by atoms with Crippen molar-refractivity contribution in [3.05, 3.63) is 36.0 Å². The fourth-order valence-electron chi connectivity index (χ4n) is 1.37. The highest BCUT2D eigenvalue weighted by Crippen LogP contribution is 2.27. The number of nitrogens with two attached hydrogens (primary N) is 1. The van der Waals surface area contributed by atoms with Crippen LogP contribution in [0.1, 0.15) is 12.5 Å². The molecule has 0 aliphatic rings. The first-order valence-electron chi connectivity index (χ1n) is 4.60. The van der Waals surface area contributed by atoms with Gasteiger partial charge in [-0.3, -0.25) is 0 Å². The average molecular weight is 204 g/mol. The van der Waals surface area contributed by atoms with Crippen LogP contribution >= 0.6 is 11.3 Å². The first-order chi connectivity index (χ1) is 6.79. The molecule has 0 radical (unpaired) electrons. The molecule has 0 saturated carbocycles. The maximum Gasteiger partial charge on any atom is 0.180 e. The highest BCUT2D eigenvalue weighted by molar-refractivity contribution is 7.18. The van der Waals surface area contributed by atoms with Crippen LogP contribution in [0.2, 0.25) is 0 Å². The molecule has 2 rings (SSSR count). The minimum atomic E-state index is 0.627. The molecule has 0 aliphatic heterocycles. The van der Waals surface area contributed by atoms with E-state index in [4.69, 9.17) is 5.73 Å². The molecule has 2 nitrogen and oxygen atoms in total. The van der Waals surface area contributed by atoms with Gasteiger partial charge in [-0.05, 0) is 17.5 Å². The molecule has 0 unspecified atom stereocenters. The van der Waals surface area contributed by atoms with E-state index < -0.39 is 0 Å². The standard InChI is InChI=1S/C11H12N2S/c1-2-8-4-3-5-9(6-8)10-7-13-11(12)14-10/h3-7H,2H2,1H3,(H2,12,13). The van der Waals surface area contributed by atoms with Crippen LogP contribution in [0.15, 0.2) is 30.5 Å². The van der Waals surface area contributed by atoms with Crippen molar-refractivity contribution in [2.75, 3.05) is 5.73 Å². The molecule has 0 fully saturated rings. The van der Waals surface area contributed by atoms with E-state index in [9.17, 15) is 0 Å². The van der Waals surface area contributed by atoms with Gasteiger partial charge in [0, 0.05) is 6.20 Å². The predicted molar refractivity (Wildman–Crippen MR) is 61.3 cm³/mol. The second-order valence-corrected chi connectivity index (χ2v) is 4.18. The van der Waals surface area contributed by atoms with Gasteiger partial charge >= 0.3 is 0 Å². The van der Waals surface area contributed by atoms with Gasteiger partial charge in [0.15, 0.2) is 5.13 Å². The van der Waals surface area contributed by atoms with Gasteiger partial charge in [0.05, 0.1) is 4.88 Å². The summed E-state index contributed by atoms with van der Waals surface area (Å²) >= 11 is 1.53. The predicted octanol–water partition coefficient (Wildman–Crippen LogP) is 2.95. The topological polar surface area (TPSA) is 38.9 Å². The lowest BCUT2D eigenvalue weighted by molar-refractivity contribution is 1.14. The summed E-state index contributed by atoms with van der Waals surface area (Å²) in [4.78, 5) is 5.18. The van der Waals surface area contributed by atoms with E-state index in [0.717, 1.165) is 11.3 Å². The highest BCUT2D eigenvalue weighted by atomic mass is 32.1. The molecular weight excluding hydrogens is 192 g/mol. The Morgan fingerprint density at radius 1 is 1.43 bits per heavy atom. The molecule has 1 heterocycles. The van der Waals surface area contributed by atoms with Crippen LogP contribution in [0, 0.1) is 0 Å². The zero-order chi connectivity index (χ0) is 9.97. The summed E-state index contributed by atoms with van der Waals surface area (Å²) in [5.74, 6) is 0. The van der Waals surface area contributed by atoms with Crippen molar-refractivity contribution in [3.63, 3.8) is 0 Å². The number of nitrogen functional groups attached to an aromatic ring is 1. The minimum Gasteiger partial charge on any atom is -0.375 e. The van der Waals surface area contributed by atoms with Gasteiger partial charge in [-0.25, -0.2) is 4.98 Å². The van der Waals surface area contributed by atoms with Crippen LogP contribution in [-0.4, -0.2) is 4.98 Å². The van der Waals surface area contributed by atoms with Crippen molar-refractivity contribution in [2.24, 2.45) is 0 Å². The molecule has 0 amide bonds. The Kier molecular flexibility index (Phi) is 2.50. The van der Waals surface area contributed by atoms with Gasteiger partial charge in [0.1, 0.15) is 0 Å². The smallest absolute Gasteiger partial charge is 0.180 e. The van der Waals surface area contributed by atoms with Gasteiger partial charge in [-0.2, -0.15) is 0 Å². The normalized spacial score (nSPS) is 10.4. The Bertz CT molecular complexity index is 434.